The molecule has 0 radical (unpaired) electrons. The summed E-state index contributed by atoms with van der Waals surface area (Å²) < 4.78 is 0. The van der Waals surface area contributed by atoms with Crippen molar-refractivity contribution in [3.8, 4) is 11.5 Å². The van der Waals surface area contributed by atoms with Gasteiger partial charge in [-0.1, -0.05) is 62.7 Å². The van der Waals surface area contributed by atoms with Gasteiger partial charge in [0.2, 0.25) is 0 Å². The third kappa shape index (κ3) is 2.50. The molecule has 0 saturated carbocycles. The van der Waals surface area contributed by atoms with Crippen LogP contribution in [0.1, 0.15) is 32.3 Å². The van der Waals surface area contributed by atoms with E-state index in [1.54, 1.807) is 0 Å². The Bertz CT molecular complexity index is 819. The van der Waals surface area contributed by atoms with Crippen molar-refractivity contribution in [2.45, 2.75) is 33.1 Å². The Balaban J connectivity index is 2.18. The Morgan fingerprint density at radius 3 is 2.14 bits per heavy atom. The number of hydrogen-bond donors (Lipinski definition) is 2. The molecule has 0 aromatic heterocycles. The van der Waals surface area contributed by atoms with E-state index in [1.165, 1.54) is 0 Å². The number of benzene rings is 3. The van der Waals surface area contributed by atoms with Crippen LogP contribution < -0.4 is 0 Å². The standard InChI is InChI=1S/C20H22O2/c1-13(2)7-5-8-14-9-6-12-17-18(14)20(22)16-11-4-3-10-15(16)19(17)21/h3-4,6,9-13,21-22H,5,7-8H2,1-2H3. The van der Waals surface area contributed by atoms with Crippen molar-refractivity contribution in [3.05, 3.63) is 48.0 Å². The highest BCUT2D eigenvalue weighted by atomic mass is 16.3. The van der Waals surface area contributed by atoms with E-state index in [9.17, 15) is 10.2 Å². The number of fused-ring (bicyclic) bond motifs is 2. The first-order chi connectivity index (χ1) is 10.6. The second-order valence-corrected chi connectivity index (χ2v) is 6.37. The predicted molar refractivity (Wildman–Crippen MR) is 92.6 cm³/mol. The fraction of sp³-hybridized carbons (Fsp3) is 0.300. The van der Waals surface area contributed by atoms with E-state index < -0.39 is 0 Å². The molecule has 0 atom stereocenters. The van der Waals surface area contributed by atoms with E-state index in [-0.39, 0.29) is 11.5 Å². The number of aromatic hydroxyl groups is 2. The van der Waals surface area contributed by atoms with Gasteiger partial charge in [-0.3, -0.25) is 0 Å². The molecule has 3 rings (SSSR count). The van der Waals surface area contributed by atoms with Gasteiger partial charge in [-0.2, -0.15) is 0 Å². The molecule has 2 heteroatoms. The fourth-order valence-electron chi connectivity index (χ4n) is 3.16. The summed E-state index contributed by atoms with van der Waals surface area (Å²) in [6.45, 7) is 4.44. The fourth-order valence-corrected chi connectivity index (χ4v) is 3.16. The highest BCUT2D eigenvalue weighted by Gasteiger charge is 2.15. The minimum atomic E-state index is 0.258. The van der Waals surface area contributed by atoms with Gasteiger partial charge in [0.15, 0.2) is 0 Å². The monoisotopic (exact) mass is 294 g/mol. The molecule has 3 aromatic rings. The van der Waals surface area contributed by atoms with Crippen LogP contribution in [-0.4, -0.2) is 10.2 Å². The molecule has 2 nitrogen and oxygen atoms in total. The van der Waals surface area contributed by atoms with Crippen molar-refractivity contribution < 1.29 is 10.2 Å². The van der Waals surface area contributed by atoms with Crippen LogP contribution in [0.15, 0.2) is 42.5 Å². The largest absolute Gasteiger partial charge is 0.507 e. The lowest BCUT2D eigenvalue weighted by Crippen LogP contribution is -1.93. The van der Waals surface area contributed by atoms with Crippen LogP contribution in [-0.2, 0) is 6.42 Å². The molecule has 2 N–H and O–H groups in total. The van der Waals surface area contributed by atoms with Crippen molar-refractivity contribution >= 4 is 21.5 Å². The zero-order valence-corrected chi connectivity index (χ0v) is 13.1. The molecule has 0 amide bonds. The summed E-state index contributed by atoms with van der Waals surface area (Å²) in [7, 11) is 0. The highest BCUT2D eigenvalue weighted by molar-refractivity contribution is 6.11. The van der Waals surface area contributed by atoms with E-state index in [2.05, 4.69) is 19.9 Å². The zero-order valence-electron chi connectivity index (χ0n) is 13.1. The third-order valence-electron chi connectivity index (χ3n) is 4.31. The highest BCUT2D eigenvalue weighted by Crippen LogP contribution is 2.42. The van der Waals surface area contributed by atoms with Crippen LogP contribution in [0, 0.1) is 5.92 Å². The van der Waals surface area contributed by atoms with E-state index in [4.69, 9.17) is 0 Å². The molecule has 0 aliphatic heterocycles. The van der Waals surface area contributed by atoms with Gasteiger partial charge in [-0.15, -0.1) is 0 Å². The molecular formula is C20H22O2. The van der Waals surface area contributed by atoms with Crippen LogP contribution in [0.25, 0.3) is 21.5 Å². The van der Waals surface area contributed by atoms with E-state index in [0.29, 0.717) is 16.7 Å². The first kappa shape index (κ1) is 14.7. The molecule has 0 spiro atoms. The second kappa shape index (κ2) is 5.88. The molecule has 0 saturated heterocycles. The van der Waals surface area contributed by atoms with Gasteiger partial charge < -0.3 is 10.2 Å². The minimum absolute atomic E-state index is 0.258. The lowest BCUT2D eigenvalue weighted by Gasteiger charge is -2.13. The topological polar surface area (TPSA) is 40.5 Å². The summed E-state index contributed by atoms with van der Waals surface area (Å²) in [5, 5.41) is 24.2. The summed E-state index contributed by atoms with van der Waals surface area (Å²) in [5.41, 5.74) is 1.11. The summed E-state index contributed by atoms with van der Waals surface area (Å²) in [5.74, 6) is 1.22. The second-order valence-electron chi connectivity index (χ2n) is 6.37. The van der Waals surface area contributed by atoms with Crippen molar-refractivity contribution in [2.24, 2.45) is 5.92 Å². The minimum Gasteiger partial charge on any atom is -0.507 e. The van der Waals surface area contributed by atoms with Crippen molar-refractivity contribution in [1.82, 2.24) is 0 Å². The van der Waals surface area contributed by atoms with Crippen LogP contribution in [0.3, 0.4) is 0 Å². The lowest BCUT2D eigenvalue weighted by atomic mass is 9.94. The summed E-state index contributed by atoms with van der Waals surface area (Å²) >= 11 is 0. The SMILES string of the molecule is CC(C)CCCc1cccc2c(O)c3ccccc3c(O)c12. The van der Waals surface area contributed by atoms with Crippen LogP contribution in [0.2, 0.25) is 0 Å². The molecule has 0 aliphatic rings. The number of hydrogen-bond acceptors (Lipinski definition) is 2. The van der Waals surface area contributed by atoms with Gasteiger partial charge in [-0.25, -0.2) is 0 Å². The molecule has 0 aliphatic carbocycles. The van der Waals surface area contributed by atoms with E-state index >= 15 is 0 Å². The van der Waals surface area contributed by atoms with Crippen molar-refractivity contribution in [3.63, 3.8) is 0 Å². The van der Waals surface area contributed by atoms with Crippen LogP contribution in [0.4, 0.5) is 0 Å². The van der Waals surface area contributed by atoms with Gasteiger partial charge in [0.05, 0.1) is 0 Å². The third-order valence-corrected chi connectivity index (χ3v) is 4.31. The van der Waals surface area contributed by atoms with Gasteiger partial charge in [0, 0.05) is 21.5 Å². The summed E-state index contributed by atoms with van der Waals surface area (Å²) in [6.07, 6.45) is 3.17. The number of aryl methyl sites for hydroxylation is 1. The molecule has 114 valence electrons. The maximum Gasteiger partial charge on any atom is 0.131 e. The van der Waals surface area contributed by atoms with E-state index in [1.807, 2.05) is 36.4 Å². The Kier molecular flexibility index (Phi) is 3.93. The average molecular weight is 294 g/mol. The van der Waals surface area contributed by atoms with Gasteiger partial charge in [-0.05, 0) is 24.3 Å². The quantitative estimate of drug-likeness (QED) is 0.501. The van der Waals surface area contributed by atoms with Gasteiger partial charge in [0.25, 0.3) is 0 Å². The molecule has 0 bridgehead atoms. The molecular weight excluding hydrogens is 272 g/mol. The van der Waals surface area contributed by atoms with Crippen molar-refractivity contribution in [1.29, 1.82) is 0 Å². The normalized spacial score (nSPS) is 11.6. The molecule has 0 heterocycles. The Hall–Kier alpha value is -2.22. The smallest absolute Gasteiger partial charge is 0.131 e. The van der Waals surface area contributed by atoms with E-state index in [0.717, 1.165) is 35.6 Å². The van der Waals surface area contributed by atoms with Crippen LogP contribution in [0.5, 0.6) is 11.5 Å². The zero-order chi connectivity index (χ0) is 15.7. The first-order valence-electron chi connectivity index (χ1n) is 7.94. The number of phenolic OH excluding ortho intramolecular Hbond substituents is 2. The summed E-state index contributed by atoms with van der Waals surface area (Å²) in [6, 6.07) is 13.3. The molecule has 0 unspecified atom stereocenters. The lowest BCUT2D eigenvalue weighted by molar-refractivity contribution is 0.478. The maximum atomic E-state index is 10.7. The number of rotatable bonds is 4. The van der Waals surface area contributed by atoms with Crippen molar-refractivity contribution in [2.75, 3.05) is 0 Å². The Morgan fingerprint density at radius 1 is 0.818 bits per heavy atom. The van der Waals surface area contributed by atoms with Gasteiger partial charge in [0.1, 0.15) is 11.5 Å². The Morgan fingerprint density at radius 2 is 1.45 bits per heavy atom. The Labute approximate surface area is 131 Å². The van der Waals surface area contributed by atoms with Crippen LogP contribution >= 0.6 is 0 Å². The van der Waals surface area contributed by atoms with Gasteiger partial charge >= 0.3 is 0 Å². The predicted octanol–water partition coefficient (Wildman–Crippen LogP) is 5.38. The molecule has 22 heavy (non-hydrogen) atoms. The maximum absolute atomic E-state index is 10.7. The number of phenols is 2. The molecule has 3 aromatic carbocycles. The molecule has 0 fully saturated rings. The first-order valence-corrected chi connectivity index (χ1v) is 7.94. The summed E-state index contributed by atoms with van der Waals surface area (Å²) in [4.78, 5) is 0. The average Bonchev–Trinajstić information content (AvgIpc) is 2.52.